The van der Waals surface area contributed by atoms with Crippen LogP contribution in [0.2, 0.25) is 0 Å². The van der Waals surface area contributed by atoms with E-state index in [2.05, 4.69) is 46.0 Å². The predicted molar refractivity (Wildman–Crippen MR) is 73.1 cm³/mol. The fourth-order valence-electron chi connectivity index (χ4n) is 2.83. The first-order chi connectivity index (χ1) is 9.28. The molecular formula is C15H19N3O. The number of aliphatic hydroxyl groups is 1. The van der Waals surface area contributed by atoms with Gasteiger partial charge in [-0.2, -0.15) is 0 Å². The van der Waals surface area contributed by atoms with Crippen LogP contribution in [0.4, 0.5) is 0 Å². The zero-order valence-corrected chi connectivity index (χ0v) is 11.2. The lowest BCUT2D eigenvalue weighted by molar-refractivity contribution is 0.237. The van der Waals surface area contributed by atoms with Crippen molar-refractivity contribution in [3.05, 3.63) is 47.0 Å². The molecule has 1 aliphatic heterocycles. The maximum absolute atomic E-state index is 9.39. The van der Waals surface area contributed by atoms with Gasteiger partial charge in [0.1, 0.15) is 11.6 Å². The van der Waals surface area contributed by atoms with Crippen molar-refractivity contribution in [2.45, 2.75) is 38.6 Å². The van der Waals surface area contributed by atoms with Crippen molar-refractivity contribution in [3.63, 3.8) is 0 Å². The van der Waals surface area contributed by atoms with E-state index >= 15 is 0 Å². The number of benzene rings is 1. The Morgan fingerprint density at radius 3 is 3.05 bits per heavy atom. The second-order valence-electron chi connectivity index (χ2n) is 5.31. The Bertz CT molecular complexity index is 577. The van der Waals surface area contributed by atoms with Gasteiger partial charge in [-0.05, 0) is 25.3 Å². The molecule has 1 aromatic carbocycles. The lowest BCUT2D eigenvalue weighted by atomic mass is 9.99. The zero-order valence-electron chi connectivity index (χ0n) is 11.2. The minimum Gasteiger partial charge on any atom is -0.396 e. The third-order valence-corrected chi connectivity index (χ3v) is 3.82. The van der Waals surface area contributed by atoms with Crippen LogP contribution in [-0.4, -0.2) is 26.5 Å². The lowest BCUT2D eigenvalue weighted by Gasteiger charge is -2.21. The Hall–Kier alpha value is -1.68. The molecule has 0 saturated carbocycles. The summed E-state index contributed by atoms with van der Waals surface area (Å²) in [5.74, 6) is 2.13. The van der Waals surface area contributed by atoms with Crippen molar-refractivity contribution in [1.82, 2.24) is 14.8 Å². The summed E-state index contributed by atoms with van der Waals surface area (Å²) in [6.07, 6.45) is 2.92. The van der Waals surface area contributed by atoms with Gasteiger partial charge < -0.3 is 9.67 Å². The SMILES string of the molecule is Cc1cccc(Cc2nnc3n2CCCC3CO)c1. The summed E-state index contributed by atoms with van der Waals surface area (Å²) in [5, 5.41) is 18.0. The quantitative estimate of drug-likeness (QED) is 0.915. The van der Waals surface area contributed by atoms with Crippen LogP contribution >= 0.6 is 0 Å². The number of rotatable bonds is 3. The van der Waals surface area contributed by atoms with Gasteiger partial charge in [-0.3, -0.25) is 0 Å². The van der Waals surface area contributed by atoms with E-state index < -0.39 is 0 Å². The molecule has 4 heteroatoms. The van der Waals surface area contributed by atoms with Crippen molar-refractivity contribution >= 4 is 0 Å². The van der Waals surface area contributed by atoms with Gasteiger partial charge in [0.2, 0.25) is 0 Å². The Morgan fingerprint density at radius 2 is 2.26 bits per heavy atom. The van der Waals surface area contributed by atoms with E-state index in [4.69, 9.17) is 0 Å². The molecule has 1 atom stereocenters. The van der Waals surface area contributed by atoms with E-state index in [1.807, 2.05) is 0 Å². The Kier molecular flexibility index (Phi) is 3.34. The topological polar surface area (TPSA) is 50.9 Å². The summed E-state index contributed by atoms with van der Waals surface area (Å²) in [4.78, 5) is 0. The number of aromatic nitrogens is 3. The van der Waals surface area contributed by atoms with Crippen LogP contribution in [0.25, 0.3) is 0 Å². The molecule has 2 heterocycles. The van der Waals surface area contributed by atoms with Gasteiger partial charge in [0.05, 0.1) is 6.61 Å². The molecular weight excluding hydrogens is 238 g/mol. The molecule has 3 rings (SSSR count). The number of hydrogen-bond donors (Lipinski definition) is 1. The van der Waals surface area contributed by atoms with Crippen LogP contribution in [0, 0.1) is 6.92 Å². The molecule has 0 spiro atoms. The smallest absolute Gasteiger partial charge is 0.138 e. The minimum absolute atomic E-state index is 0.160. The molecule has 0 saturated heterocycles. The van der Waals surface area contributed by atoms with E-state index in [9.17, 15) is 5.11 Å². The molecule has 1 N–H and O–H groups in total. The van der Waals surface area contributed by atoms with Crippen molar-refractivity contribution in [3.8, 4) is 0 Å². The van der Waals surface area contributed by atoms with Crippen LogP contribution in [0.5, 0.6) is 0 Å². The molecule has 4 nitrogen and oxygen atoms in total. The van der Waals surface area contributed by atoms with E-state index in [1.165, 1.54) is 11.1 Å². The van der Waals surface area contributed by atoms with E-state index in [-0.39, 0.29) is 12.5 Å². The number of aryl methyl sites for hydroxylation is 1. The minimum atomic E-state index is 0.160. The fraction of sp³-hybridized carbons (Fsp3) is 0.467. The normalized spacial score (nSPS) is 18.3. The van der Waals surface area contributed by atoms with Gasteiger partial charge in [-0.1, -0.05) is 29.8 Å². The maximum Gasteiger partial charge on any atom is 0.138 e. The highest BCUT2D eigenvalue weighted by molar-refractivity contribution is 5.25. The van der Waals surface area contributed by atoms with Crippen molar-refractivity contribution in [2.24, 2.45) is 0 Å². The van der Waals surface area contributed by atoms with E-state index in [0.29, 0.717) is 0 Å². The Morgan fingerprint density at radius 1 is 1.37 bits per heavy atom. The highest BCUT2D eigenvalue weighted by Crippen LogP contribution is 2.26. The van der Waals surface area contributed by atoms with Crippen LogP contribution in [-0.2, 0) is 13.0 Å². The second kappa shape index (κ2) is 5.13. The van der Waals surface area contributed by atoms with Gasteiger partial charge in [0, 0.05) is 18.9 Å². The first kappa shape index (κ1) is 12.4. The summed E-state index contributed by atoms with van der Waals surface area (Å²) < 4.78 is 2.19. The van der Waals surface area contributed by atoms with Gasteiger partial charge in [-0.25, -0.2) is 0 Å². The van der Waals surface area contributed by atoms with Gasteiger partial charge >= 0.3 is 0 Å². The van der Waals surface area contributed by atoms with Crippen molar-refractivity contribution in [2.75, 3.05) is 6.61 Å². The van der Waals surface area contributed by atoms with Crippen LogP contribution < -0.4 is 0 Å². The highest BCUT2D eigenvalue weighted by Gasteiger charge is 2.24. The molecule has 100 valence electrons. The molecule has 2 aromatic rings. The molecule has 1 aromatic heterocycles. The monoisotopic (exact) mass is 257 g/mol. The van der Waals surface area contributed by atoms with Gasteiger partial charge in [0.25, 0.3) is 0 Å². The summed E-state index contributed by atoms with van der Waals surface area (Å²) in [6, 6.07) is 8.49. The molecule has 0 fully saturated rings. The summed E-state index contributed by atoms with van der Waals surface area (Å²) in [6.45, 7) is 3.24. The van der Waals surface area contributed by atoms with E-state index in [1.54, 1.807) is 0 Å². The third kappa shape index (κ3) is 2.40. The van der Waals surface area contributed by atoms with Crippen LogP contribution in [0.15, 0.2) is 24.3 Å². The number of aliphatic hydroxyl groups excluding tert-OH is 1. The predicted octanol–water partition coefficient (Wildman–Crippen LogP) is 2.05. The number of hydrogen-bond acceptors (Lipinski definition) is 3. The maximum atomic E-state index is 9.39. The molecule has 0 bridgehead atoms. The average Bonchev–Trinajstić information content (AvgIpc) is 2.82. The highest BCUT2D eigenvalue weighted by atomic mass is 16.3. The van der Waals surface area contributed by atoms with E-state index in [0.717, 1.165) is 37.5 Å². The largest absolute Gasteiger partial charge is 0.396 e. The Balaban J connectivity index is 1.88. The molecule has 0 amide bonds. The summed E-state index contributed by atoms with van der Waals surface area (Å²) in [7, 11) is 0. The summed E-state index contributed by atoms with van der Waals surface area (Å²) in [5.41, 5.74) is 2.53. The summed E-state index contributed by atoms with van der Waals surface area (Å²) >= 11 is 0. The number of fused-ring (bicyclic) bond motifs is 1. The molecule has 1 unspecified atom stereocenters. The second-order valence-corrected chi connectivity index (χ2v) is 5.31. The zero-order chi connectivity index (χ0) is 13.2. The standard InChI is InChI=1S/C15H19N3O/c1-11-4-2-5-12(8-11)9-14-16-17-15-13(10-19)6-3-7-18(14)15/h2,4-5,8,13,19H,3,6-7,9-10H2,1H3. The average molecular weight is 257 g/mol. The van der Waals surface area contributed by atoms with Gasteiger partial charge in [-0.15, -0.1) is 10.2 Å². The molecule has 0 radical (unpaired) electrons. The lowest BCUT2D eigenvalue weighted by Crippen LogP contribution is -2.20. The van der Waals surface area contributed by atoms with Crippen LogP contribution in [0.1, 0.15) is 41.5 Å². The molecule has 19 heavy (non-hydrogen) atoms. The third-order valence-electron chi connectivity index (χ3n) is 3.82. The molecule has 1 aliphatic rings. The first-order valence-electron chi connectivity index (χ1n) is 6.86. The van der Waals surface area contributed by atoms with Crippen molar-refractivity contribution in [1.29, 1.82) is 0 Å². The van der Waals surface area contributed by atoms with Gasteiger partial charge in [0.15, 0.2) is 0 Å². The Labute approximate surface area is 113 Å². The molecule has 0 aliphatic carbocycles. The van der Waals surface area contributed by atoms with Crippen molar-refractivity contribution < 1.29 is 5.11 Å². The fourth-order valence-corrected chi connectivity index (χ4v) is 2.83. The van der Waals surface area contributed by atoms with Crippen LogP contribution in [0.3, 0.4) is 0 Å². The first-order valence-corrected chi connectivity index (χ1v) is 6.86. The number of nitrogens with zero attached hydrogens (tertiary/aromatic N) is 3.